The van der Waals surface area contributed by atoms with E-state index in [1.165, 1.54) is 10.6 Å². The third kappa shape index (κ3) is 2.97. The molecule has 0 spiro atoms. The number of nitrogens with two attached hydrogens (primary N) is 1. The Bertz CT molecular complexity index is 696. The molecule has 21 heavy (non-hydrogen) atoms. The molecule has 0 aliphatic rings. The summed E-state index contributed by atoms with van der Waals surface area (Å²) in [7, 11) is 0. The van der Waals surface area contributed by atoms with E-state index in [0.29, 0.717) is 0 Å². The van der Waals surface area contributed by atoms with Crippen LogP contribution in [0.3, 0.4) is 0 Å². The first-order valence-corrected chi connectivity index (χ1v) is 8.92. The van der Waals surface area contributed by atoms with Crippen LogP contribution in [-0.4, -0.2) is 22.0 Å². The summed E-state index contributed by atoms with van der Waals surface area (Å²) < 4.78 is 2.18. The zero-order valence-corrected chi connectivity index (χ0v) is 14.0. The molecule has 0 bridgehead atoms. The van der Waals surface area contributed by atoms with Crippen molar-refractivity contribution in [2.75, 3.05) is 11.4 Å². The Hall–Kier alpha value is -1.37. The van der Waals surface area contributed by atoms with Crippen molar-refractivity contribution >= 4 is 33.5 Å². The monoisotopic (exact) mass is 320 g/mol. The van der Waals surface area contributed by atoms with Crippen LogP contribution in [-0.2, 0) is 13.0 Å². The highest BCUT2D eigenvalue weighted by atomic mass is 32.1. The van der Waals surface area contributed by atoms with Crippen LogP contribution in [0.1, 0.15) is 24.4 Å². The van der Waals surface area contributed by atoms with Crippen molar-refractivity contribution in [1.82, 2.24) is 9.38 Å². The Morgan fingerprint density at radius 2 is 2.24 bits per heavy atom. The molecule has 4 nitrogen and oxygen atoms in total. The lowest BCUT2D eigenvalue weighted by atomic mass is 10.2. The molecule has 1 unspecified atom stereocenters. The Morgan fingerprint density at radius 1 is 1.38 bits per heavy atom. The van der Waals surface area contributed by atoms with Gasteiger partial charge in [0.2, 0.25) is 0 Å². The number of fused-ring (bicyclic) bond motifs is 1. The molecule has 3 aromatic rings. The number of thiophene rings is 1. The smallest absolute Gasteiger partial charge is 0.195 e. The molecule has 0 radical (unpaired) electrons. The highest BCUT2D eigenvalue weighted by molar-refractivity contribution is 7.15. The molecule has 0 aliphatic heterocycles. The number of aromatic nitrogens is 2. The lowest BCUT2D eigenvalue weighted by Crippen LogP contribution is -2.25. The van der Waals surface area contributed by atoms with E-state index < -0.39 is 0 Å². The first kappa shape index (κ1) is 14.6. The van der Waals surface area contributed by atoms with Crippen molar-refractivity contribution in [2.45, 2.75) is 32.9 Å². The molecule has 0 aliphatic carbocycles. The average molecular weight is 320 g/mol. The predicted molar refractivity (Wildman–Crippen MR) is 91.5 cm³/mol. The molecule has 0 aromatic carbocycles. The maximum Gasteiger partial charge on any atom is 0.195 e. The molecule has 0 saturated carbocycles. The Balaban J connectivity index is 1.98. The minimum absolute atomic E-state index is 0.129. The van der Waals surface area contributed by atoms with E-state index in [4.69, 9.17) is 10.7 Å². The topological polar surface area (TPSA) is 46.6 Å². The second-order valence-corrected chi connectivity index (χ2v) is 7.12. The Morgan fingerprint density at radius 3 is 2.90 bits per heavy atom. The van der Waals surface area contributed by atoms with Crippen LogP contribution >= 0.6 is 22.7 Å². The molecule has 1 atom stereocenters. The van der Waals surface area contributed by atoms with Crippen molar-refractivity contribution in [2.24, 2.45) is 5.73 Å². The third-order valence-corrected chi connectivity index (χ3v) is 5.08. The quantitative estimate of drug-likeness (QED) is 0.757. The van der Waals surface area contributed by atoms with Crippen LogP contribution < -0.4 is 10.6 Å². The van der Waals surface area contributed by atoms with E-state index in [-0.39, 0.29) is 6.04 Å². The number of rotatable bonds is 6. The predicted octanol–water partition coefficient (Wildman–Crippen LogP) is 3.37. The van der Waals surface area contributed by atoms with Gasteiger partial charge in [-0.25, -0.2) is 4.98 Å². The average Bonchev–Trinajstić information content (AvgIpc) is 3.14. The minimum Gasteiger partial charge on any atom is -0.350 e. The summed E-state index contributed by atoms with van der Waals surface area (Å²) in [6, 6.07) is 4.41. The molecule has 3 rings (SSSR count). The van der Waals surface area contributed by atoms with Crippen molar-refractivity contribution in [3.8, 4) is 0 Å². The largest absolute Gasteiger partial charge is 0.350 e. The lowest BCUT2D eigenvalue weighted by Gasteiger charge is -2.22. The summed E-state index contributed by atoms with van der Waals surface area (Å²) in [5, 5.41) is 4.20. The van der Waals surface area contributed by atoms with Crippen LogP contribution in [0.15, 0.2) is 29.1 Å². The summed E-state index contributed by atoms with van der Waals surface area (Å²) >= 11 is 3.46. The third-order valence-electron chi connectivity index (χ3n) is 3.46. The maximum absolute atomic E-state index is 6.04. The molecule has 3 aromatic heterocycles. The molecule has 6 heteroatoms. The van der Waals surface area contributed by atoms with Gasteiger partial charge in [0.25, 0.3) is 0 Å². The second kappa shape index (κ2) is 6.17. The molecule has 0 amide bonds. The number of nitrogens with zero attached hydrogens (tertiary/aromatic N) is 3. The van der Waals surface area contributed by atoms with Gasteiger partial charge in [-0.2, -0.15) is 0 Å². The highest BCUT2D eigenvalue weighted by Crippen LogP contribution is 2.27. The highest BCUT2D eigenvalue weighted by Gasteiger charge is 2.19. The van der Waals surface area contributed by atoms with E-state index in [1.807, 2.05) is 6.92 Å². The molecular formula is C15H20N4S2. The van der Waals surface area contributed by atoms with Gasteiger partial charge in [-0.1, -0.05) is 6.07 Å². The van der Waals surface area contributed by atoms with Crippen molar-refractivity contribution in [3.05, 3.63) is 39.7 Å². The normalized spacial score (nSPS) is 12.9. The van der Waals surface area contributed by atoms with Gasteiger partial charge in [0.1, 0.15) is 0 Å². The number of hydrogen-bond acceptors (Lipinski definition) is 5. The van der Waals surface area contributed by atoms with Crippen LogP contribution in [0.25, 0.3) is 4.96 Å². The molecule has 0 saturated heterocycles. The van der Waals surface area contributed by atoms with Crippen molar-refractivity contribution in [3.63, 3.8) is 0 Å². The summed E-state index contributed by atoms with van der Waals surface area (Å²) in [5.74, 6) is 1.08. The standard InChI is InChI=1S/C15H20N4S2/c1-3-18(10-12-5-4-7-20-12)14-13(9-11(2)16)19-6-8-21-15(19)17-14/h4-8,11H,3,9-10,16H2,1-2H3. The summed E-state index contributed by atoms with van der Waals surface area (Å²) in [5.41, 5.74) is 7.26. The minimum atomic E-state index is 0.129. The SMILES string of the molecule is CCN(Cc1cccs1)c1nc2sccn2c1CC(C)N. The second-order valence-electron chi connectivity index (χ2n) is 5.21. The van der Waals surface area contributed by atoms with Gasteiger partial charge in [0, 0.05) is 35.5 Å². The van der Waals surface area contributed by atoms with Crippen molar-refractivity contribution in [1.29, 1.82) is 0 Å². The molecule has 0 fully saturated rings. The first-order valence-electron chi connectivity index (χ1n) is 7.16. The summed E-state index contributed by atoms with van der Waals surface area (Å²) in [6.07, 6.45) is 2.93. The first-order chi connectivity index (χ1) is 10.2. The van der Waals surface area contributed by atoms with E-state index in [9.17, 15) is 0 Å². The molecule has 2 N–H and O–H groups in total. The van der Waals surface area contributed by atoms with Gasteiger partial charge in [-0.05, 0) is 25.3 Å². The fourth-order valence-electron chi connectivity index (χ4n) is 2.50. The van der Waals surface area contributed by atoms with Crippen LogP contribution in [0.5, 0.6) is 0 Å². The van der Waals surface area contributed by atoms with E-state index >= 15 is 0 Å². The number of imidazole rings is 1. The van der Waals surface area contributed by atoms with Gasteiger partial charge >= 0.3 is 0 Å². The zero-order valence-electron chi connectivity index (χ0n) is 12.3. The zero-order chi connectivity index (χ0) is 14.8. The molecule has 3 heterocycles. The van der Waals surface area contributed by atoms with Gasteiger partial charge in [0.05, 0.1) is 12.2 Å². The van der Waals surface area contributed by atoms with E-state index in [1.54, 1.807) is 22.7 Å². The van der Waals surface area contributed by atoms with E-state index in [2.05, 4.69) is 45.3 Å². The van der Waals surface area contributed by atoms with Gasteiger partial charge in [-0.3, -0.25) is 4.40 Å². The Labute approximate surface area is 132 Å². The fraction of sp³-hybridized carbons (Fsp3) is 0.400. The number of thiazole rings is 1. The summed E-state index contributed by atoms with van der Waals surface area (Å²) in [6.45, 7) is 6.07. The van der Waals surface area contributed by atoms with Crippen LogP contribution in [0.2, 0.25) is 0 Å². The fourth-order valence-corrected chi connectivity index (χ4v) is 3.94. The van der Waals surface area contributed by atoms with Gasteiger partial charge < -0.3 is 10.6 Å². The van der Waals surface area contributed by atoms with Gasteiger partial charge in [0.15, 0.2) is 10.8 Å². The van der Waals surface area contributed by atoms with Gasteiger partial charge in [-0.15, -0.1) is 22.7 Å². The number of anilines is 1. The molecule has 112 valence electrons. The van der Waals surface area contributed by atoms with Crippen molar-refractivity contribution < 1.29 is 0 Å². The van der Waals surface area contributed by atoms with Crippen LogP contribution in [0.4, 0.5) is 5.82 Å². The summed E-state index contributed by atoms with van der Waals surface area (Å²) in [4.78, 5) is 9.58. The lowest BCUT2D eigenvalue weighted by molar-refractivity contribution is 0.709. The van der Waals surface area contributed by atoms with Crippen LogP contribution in [0, 0.1) is 0 Å². The molecular weight excluding hydrogens is 300 g/mol. The Kier molecular flexibility index (Phi) is 4.28. The maximum atomic E-state index is 6.04. The number of hydrogen-bond donors (Lipinski definition) is 1. The van der Waals surface area contributed by atoms with E-state index in [0.717, 1.165) is 30.3 Å².